The second kappa shape index (κ2) is 12.0. The summed E-state index contributed by atoms with van der Waals surface area (Å²) in [5.74, 6) is 0. The van der Waals surface area contributed by atoms with Crippen molar-refractivity contribution in [3.8, 4) is 33.4 Å². The average molecular weight is 630 g/mol. The molecule has 8 aromatic carbocycles. The molecule has 0 saturated carbocycles. The third-order valence-electron chi connectivity index (χ3n) is 9.28. The van der Waals surface area contributed by atoms with Gasteiger partial charge in [-0.2, -0.15) is 0 Å². The summed E-state index contributed by atoms with van der Waals surface area (Å²) < 4.78 is 2.60. The Morgan fingerprint density at radius 1 is 0.354 bits per heavy atom. The summed E-state index contributed by atoms with van der Waals surface area (Å²) in [5.41, 5.74) is 10.8. The molecule has 0 bridgehead atoms. The lowest BCUT2D eigenvalue weighted by atomic mass is 9.95. The molecule has 0 aliphatic heterocycles. The van der Waals surface area contributed by atoms with Crippen molar-refractivity contribution in [3.63, 3.8) is 0 Å². The molecule has 0 radical (unpaired) electrons. The van der Waals surface area contributed by atoms with Crippen molar-refractivity contribution in [1.82, 2.24) is 0 Å². The van der Waals surface area contributed by atoms with Crippen LogP contribution in [-0.4, -0.2) is 0 Å². The molecular weight excluding hydrogens is 599 g/mol. The highest BCUT2D eigenvalue weighted by molar-refractivity contribution is 7.26. The second-order valence-electron chi connectivity index (χ2n) is 12.2. The van der Waals surface area contributed by atoms with Crippen LogP contribution in [0.2, 0.25) is 0 Å². The Balaban J connectivity index is 1.16. The predicted octanol–water partition coefficient (Wildman–Crippen LogP) is 13.7. The topological polar surface area (TPSA) is 3.24 Å². The maximum absolute atomic E-state index is 2.41. The number of hydrogen-bond acceptors (Lipinski definition) is 2. The number of thiophene rings is 1. The maximum atomic E-state index is 2.41. The number of benzene rings is 8. The summed E-state index contributed by atoms with van der Waals surface area (Å²) in [6, 6.07) is 68.1. The Hall–Kier alpha value is -5.96. The zero-order valence-electron chi connectivity index (χ0n) is 26.3. The van der Waals surface area contributed by atoms with Gasteiger partial charge in [0.05, 0.1) is 10.4 Å². The quantitative estimate of drug-likeness (QED) is 0.177. The van der Waals surface area contributed by atoms with E-state index < -0.39 is 0 Å². The Kier molecular flexibility index (Phi) is 7.07. The van der Waals surface area contributed by atoms with E-state index in [1.54, 1.807) is 0 Å². The van der Waals surface area contributed by atoms with Gasteiger partial charge in [-0.3, -0.25) is 0 Å². The first-order valence-electron chi connectivity index (χ1n) is 16.3. The van der Waals surface area contributed by atoms with Crippen molar-refractivity contribution in [2.24, 2.45) is 0 Å². The van der Waals surface area contributed by atoms with Gasteiger partial charge >= 0.3 is 0 Å². The molecule has 0 aliphatic carbocycles. The molecule has 0 N–H and O–H groups in total. The summed E-state index contributed by atoms with van der Waals surface area (Å²) in [6.07, 6.45) is 0. The first kappa shape index (κ1) is 28.3. The normalized spacial score (nSPS) is 11.3. The number of fused-ring (bicyclic) bond motifs is 4. The molecule has 9 rings (SSSR count). The van der Waals surface area contributed by atoms with Gasteiger partial charge < -0.3 is 4.90 Å². The summed E-state index contributed by atoms with van der Waals surface area (Å²) in [6.45, 7) is 0. The molecule has 0 spiro atoms. The molecule has 1 heterocycles. The van der Waals surface area contributed by atoms with E-state index in [-0.39, 0.29) is 0 Å². The molecule has 0 atom stereocenters. The minimum atomic E-state index is 1.13. The molecule has 0 aliphatic rings. The van der Waals surface area contributed by atoms with Gasteiger partial charge in [-0.05, 0) is 86.6 Å². The molecule has 0 amide bonds. The van der Waals surface area contributed by atoms with E-state index in [4.69, 9.17) is 0 Å². The van der Waals surface area contributed by atoms with E-state index in [1.807, 2.05) is 11.3 Å². The first-order chi connectivity index (χ1) is 23.8. The molecule has 9 aromatic rings. The summed E-state index contributed by atoms with van der Waals surface area (Å²) in [5, 5.41) is 5.11. The van der Waals surface area contributed by atoms with Crippen LogP contribution in [0.5, 0.6) is 0 Å². The molecular formula is C46H31NS. The number of hydrogen-bond donors (Lipinski definition) is 0. The van der Waals surface area contributed by atoms with Crippen molar-refractivity contribution in [3.05, 3.63) is 188 Å². The molecule has 0 saturated heterocycles. The highest BCUT2D eigenvalue weighted by Gasteiger charge is 2.18. The van der Waals surface area contributed by atoms with Crippen molar-refractivity contribution in [1.29, 1.82) is 0 Å². The molecule has 1 aromatic heterocycles. The minimum Gasteiger partial charge on any atom is -0.309 e. The Labute approximate surface area is 284 Å². The monoisotopic (exact) mass is 629 g/mol. The molecule has 0 unspecified atom stereocenters. The van der Waals surface area contributed by atoms with Crippen LogP contribution in [0.25, 0.3) is 64.3 Å². The fourth-order valence-corrected chi connectivity index (χ4v) is 8.10. The Morgan fingerprint density at radius 2 is 0.917 bits per heavy atom. The number of rotatable bonds is 6. The van der Waals surface area contributed by atoms with Gasteiger partial charge in [0, 0.05) is 26.8 Å². The number of anilines is 3. The van der Waals surface area contributed by atoms with Crippen LogP contribution in [0.1, 0.15) is 0 Å². The van der Waals surface area contributed by atoms with Crippen LogP contribution in [0, 0.1) is 0 Å². The zero-order valence-corrected chi connectivity index (χ0v) is 27.1. The fraction of sp³-hybridized carbons (Fsp3) is 0. The molecule has 48 heavy (non-hydrogen) atoms. The maximum Gasteiger partial charge on any atom is 0.0640 e. The highest BCUT2D eigenvalue weighted by Crippen LogP contribution is 2.45. The number of nitrogens with zero attached hydrogens (tertiary/aromatic N) is 1. The smallest absolute Gasteiger partial charge is 0.0640 e. The molecule has 226 valence electrons. The van der Waals surface area contributed by atoms with Crippen LogP contribution in [0.4, 0.5) is 17.1 Å². The van der Waals surface area contributed by atoms with Crippen LogP contribution < -0.4 is 4.90 Å². The van der Waals surface area contributed by atoms with E-state index in [0.717, 1.165) is 11.4 Å². The van der Waals surface area contributed by atoms with Gasteiger partial charge in [-0.25, -0.2) is 0 Å². The predicted molar refractivity (Wildman–Crippen MR) is 208 cm³/mol. The summed E-state index contributed by atoms with van der Waals surface area (Å²) in [4.78, 5) is 2.41. The van der Waals surface area contributed by atoms with Crippen LogP contribution in [-0.2, 0) is 0 Å². The van der Waals surface area contributed by atoms with Crippen LogP contribution >= 0.6 is 11.3 Å². The van der Waals surface area contributed by atoms with Gasteiger partial charge in [0.15, 0.2) is 0 Å². The second-order valence-corrected chi connectivity index (χ2v) is 13.2. The van der Waals surface area contributed by atoms with E-state index in [1.165, 1.54) is 70.0 Å². The average Bonchev–Trinajstić information content (AvgIpc) is 3.55. The van der Waals surface area contributed by atoms with Crippen LogP contribution in [0.15, 0.2) is 188 Å². The van der Waals surface area contributed by atoms with Gasteiger partial charge in [0.1, 0.15) is 0 Å². The first-order valence-corrected chi connectivity index (χ1v) is 17.2. The van der Waals surface area contributed by atoms with Gasteiger partial charge in [0.2, 0.25) is 0 Å². The highest BCUT2D eigenvalue weighted by atomic mass is 32.1. The van der Waals surface area contributed by atoms with E-state index in [0.29, 0.717) is 0 Å². The van der Waals surface area contributed by atoms with E-state index >= 15 is 0 Å². The van der Waals surface area contributed by atoms with E-state index in [9.17, 15) is 0 Å². The Bertz CT molecular complexity index is 2530. The van der Waals surface area contributed by atoms with Crippen molar-refractivity contribution < 1.29 is 0 Å². The van der Waals surface area contributed by atoms with Crippen LogP contribution in [0.3, 0.4) is 0 Å². The third-order valence-corrected chi connectivity index (χ3v) is 10.5. The Morgan fingerprint density at radius 3 is 1.65 bits per heavy atom. The fourth-order valence-electron chi connectivity index (χ4n) is 6.89. The molecule has 1 nitrogen and oxygen atoms in total. The van der Waals surface area contributed by atoms with Gasteiger partial charge in [-0.15, -0.1) is 11.3 Å². The lowest BCUT2D eigenvalue weighted by molar-refractivity contribution is 1.30. The summed E-state index contributed by atoms with van der Waals surface area (Å²) in [7, 11) is 0. The minimum absolute atomic E-state index is 1.13. The lowest BCUT2D eigenvalue weighted by Gasteiger charge is -2.26. The standard InChI is InChI=1S/C46H31NS/c1-3-11-32(12-4-1)33-23-27-38(28-24-33)47(44-19-10-18-42-41-16-7-8-20-45(41)48-46(42)44)39-29-25-34(26-30-39)37-22-21-36-15-9-17-40(43(36)31-37)35-13-5-2-6-14-35/h1-31H. The zero-order chi connectivity index (χ0) is 31.9. The largest absolute Gasteiger partial charge is 0.309 e. The van der Waals surface area contributed by atoms with E-state index in [2.05, 4.69) is 193 Å². The van der Waals surface area contributed by atoms with Crippen molar-refractivity contribution in [2.75, 3.05) is 4.90 Å². The van der Waals surface area contributed by atoms with Gasteiger partial charge in [-0.1, -0.05) is 146 Å². The molecule has 0 fully saturated rings. The lowest BCUT2D eigenvalue weighted by Crippen LogP contribution is -2.10. The van der Waals surface area contributed by atoms with Crippen molar-refractivity contribution >= 4 is 59.3 Å². The summed E-state index contributed by atoms with van der Waals surface area (Å²) >= 11 is 1.86. The third kappa shape index (κ3) is 5.04. The van der Waals surface area contributed by atoms with Crippen molar-refractivity contribution in [2.45, 2.75) is 0 Å². The SMILES string of the molecule is c1ccc(-c2ccc(N(c3ccc(-c4ccc5cccc(-c6ccccc6)c5c4)cc3)c3cccc4c3sc3ccccc34)cc2)cc1. The molecule has 2 heteroatoms. The van der Waals surface area contributed by atoms with Gasteiger partial charge in [0.25, 0.3) is 0 Å².